The largest absolute Gasteiger partial charge is 0.420 e. The lowest BCUT2D eigenvalue weighted by molar-refractivity contribution is 0.134. The molecule has 7 heteroatoms. The highest BCUT2D eigenvalue weighted by molar-refractivity contribution is 5.74. The van der Waals surface area contributed by atoms with Crippen molar-refractivity contribution >= 4 is 22.1 Å². The second-order valence-corrected chi connectivity index (χ2v) is 6.80. The lowest BCUT2D eigenvalue weighted by Gasteiger charge is -2.32. The van der Waals surface area contributed by atoms with Crippen LogP contribution in [-0.4, -0.2) is 37.6 Å². The molecule has 1 fully saturated rings. The van der Waals surface area contributed by atoms with Crippen molar-refractivity contribution in [2.75, 3.05) is 13.1 Å². The Bertz CT molecular complexity index is 1130. The Morgan fingerprint density at radius 1 is 1.08 bits per heavy atom. The molecular formula is C19H19N5O2. The molecule has 4 aromatic rings. The van der Waals surface area contributed by atoms with Crippen LogP contribution >= 0.6 is 0 Å². The summed E-state index contributed by atoms with van der Waals surface area (Å²) in [4.78, 5) is 14.7. The molecule has 1 aliphatic heterocycles. The van der Waals surface area contributed by atoms with Crippen LogP contribution in [0.3, 0.4) is 0 Å². The van der Waals surface area contributed by atoms with E-state index in [0.717, 1.165) is 42.5 Å². The first-order valence-corrected chi connectivity index (χ1v) is 8.90. The number of fused-ring (bicyclic) bond motifs is 2. The molecule has 1 atom stereocenters. The molecule has 0 N–H and O–H groups in total. The van der Waals surface area contributed by atoms with Crippen LogP contribution in [0.1, 0.15) is 18.9 Å². The van der Waals surface area contributed by atoms with Crippen molar-refractivity contribution in [3.63, 3.8) is 0 Å². The molecule has 0 amide bonds. The van der Waals surface area contributed by atoms with Crippen molar-refractivity contribution in [2.24, 2.45) is 0 Å². The lowest BCUT2D eigenvalue weighted by Crippen LogP contribution is -2.39. The molecule has 132 valence electrons. The number of para-hydroxylation sites is 3. The number of hydrogen-bond acceptors (Lipinski definition) is 5. The van der Waals surface area contributed by atoms with E-state index in [1.807, 2.05) is 53.2 Å². The molecule has 2 aromatic carbocycles. The molecule has 0 unspecified atom stereocenters. The van der Waals surface area contributed by atoms with Gasteiger partial charge in [0.15, 0.2) is 5.58 Å². The summed E-state index contributed by atoms with van der Waals surface area (Å²) in [5.74, 6) is -0.274. The Morgan fingerprint density at radius 3 is 2.81 bits per heavy atom. The molecule has 0 aliphatic carbocycles. The summed E-state index contributed by atoms with van der Waals surface area (Å²) in [6.07, 6.45) is 2.00. The third kappa shape index (κ3) is 2.52. The fourth-order valence-electron chi connectivity index (χ4n) is 3.91. The third-order valence-corrected chi connectivity index (χ3v) is 5.12. The van der Waals surface area contributed by atoms with Gasteiger partial charge in [-0.25, -0.2) is 9.48 Å². The van der Waals surface area contributed by atoms with Crippen LogP contribution in [0.15, 0.2) is 57.7 Å². The quantitative estimate of drug-likeness (QED) is 0.569. The van der Waals surface area contributed by atoms with Gasteiger partial charge in [-0.3, -0.25) is 9.47 Å². The van der Waals surface area contributed by atoms with Gasteiger partial charge in [-0.2, -0.15) is 0 Å². The summed E-state index contributed by atoms with van der Waals surface area (Å²) < 4.78 is 9.14. The normalized spacial score (nSPS) is 18.7. The summed E-state index contributed by atoms with van der Waals surface area (Å²) >= 11 is 0. The van der Waals surface area contributed by atoms with Crippen LogP contribution in [0.5, 0.6) is 0 Å². The number of hydrogen-bond donors (Lipinski definition) is 0. The van der Waals surface area contributed by atoms with E-state index in [0.29, 0.717) is 12.3 Å². The van der Waals surface area contributed by atoms with Gasteiger partial charge < -0.3 is 4.42 Å². The van der Waals surface area contributed by atoms with Gasteiger partial charge in [0.05, 0.1) is 23.7 Å². The number of nitrogens with zero attached hydrogens (tertiary/aromatic N) is 5. The maximum atomic E-state index is 12.4. The molecule has 0 spiro atoms. The highest BCUT2D eigenvalue weighted by atomic mass is 16.4. The SMILES string of the molecule is O=c1oc2ccccc2n1[C@H]1CCCN(Cn2nnc3ccccc32)C1. The third-order valence-electron chi connectivity index (χ3n) is 5.12. The van der Waals surface area contributed by atoms with Crippen molar-refractivity contribution in [3.8, 4) is 0 Å². The standard InChI is InChI=1S/C19H19N5O2/c25-19-24(17-9-3-4-10-18(17)26-19)14-6-5-11-22(12-14)13-23-16-8-2-1-7-15(16)20-21-23/h1-4,7-10,14H,5-6,11-13H2/t14-/m0/s1. The molecule has 0 saturated carbocycles. The van der Waals surface area contributed by atoms with Crippen molar-refractivity contribution in [3.05, 3.63) is 59.1 Å². The van der Waals surface area contributed by atoms with E-state index in [1.54, 1.807) is 4.57 Å². The number of aromatic nitrogens is 4. The topological polar surface area (TPSA) is 69.1 Å². The summed E-state index contributed by atoms with van der Waals surface area (Å²) in [6, 6.07) is 15.7. The lowest BCUT2D eigenvalue weighted by atomic mass is 10.1. The smallest absolute Gasteiger partial charge is 0.408 e. The first-order valence-electron chi connectivity index (χ1n) is 8.90. The van der Waals surface area contributed by atoms with E-state index in [9.17, 15) is 4.79 Å². The summed E-state index contributed by atoms with van der Waals surface area (Å²) in [5.41, 5.74) is 3.45. The van der Waals surface area contributed by atoms with Gasteiger partial charge in [-0.15, -0.1) is 5.10 Å². The number of benzene rings is 2. The summed E-state index contributed by atoms with van der Waals surface area (Å²) in [6.45, 7) is 2.44. The average Bonchev–Trinajstić information content (AvgIpc) is 3.22. The fourth-order valence-corrected chi connectivity index (χ4v) is 3.91. The van der Waals surface area contributed by atoms with E-state index < -0.39 is 0 Å². The number of likely N-dealkylation sites (tertiary alicyclic amines) is 1. The van der Waals surface area contributed by atoms with Crippen molar-refractivity contribution in [1.29, 1.82) is 0 Å². The highest BCUT2D eigenvalue weighted by Crippen LogP contribution is 2.25. The molecule has 0 bridgehead atoms. The van der Waals surface area contributed by atoms with E-state index in [1.165, 1.54) is 0 Å². The Hall–Kier alpha value is -2.93. The van der Waals surface area contributed by atoms with E-state index in [-0.39, 0.29) is 11.8 Å². The predicted octanol–water partition coefficient (Wildman–Crippen LogP) is 2.63. The van der Waals surface area contributed by atoms with Gasteiger partial charge in [0.2, 0.25) is 0 Å². The van der Waals surface area contributed by atoms with Gasteiger partial charge >= 0.3 is 5.76 Å². The van der Waals surface area contributed by atoms with Crippen LogP contribution in [0, 0.1) is 0 Å². The molecule has 2 aromatic heterocycles. The zero-order valence-electron chi connectivity index (χ0n) is 14.3. The van der Waals surface area contributed by atoms with Gasteiger partial charge in [0.1, 0.15) is 5.52 Å². The van der Waals surface area contributed by atoms with Gasteiger partial charge in [0.25, 0.3) is 0 Å². The number of piperidine rings is 1. The Morgan fingerprint density at radius 2 is 1.88 bits per heavy atom. The van der Waals surface area contributed by atoms with Crippen LogP contribution in [-0.2, 0) is 6.67 Å². The Kier molecular flexibility index (Phi) is 3.60. The maximum Gasteiger partial charge on any atom is 0.420 e. The Labute approximate surface area is 149 Å². The molecule has 3 heterocycles. The van der Waals surface area contributed by atoms with Gasteiger partial charge in [-0.1, -0.05) is 29.5 Å². The van der Waals surface area contributed by atoms with Gasteiger partial charge in [-0.05, 0) is 37.1 Å². The zero-order chi connectivity index (χ0) is 17.5. The van der Waals surface area contributed by atoms with Crippen LogP contribution in [0.2, 0.25) is 0 Å². The van der Waals surface area contributed by atoms with Crippen LogP contribution < -0.4 is 5.76 Å². The molecule has 26 heavy (non-hydrogen) atoms. The van der Waals surface area contributed by atoms with Crippen molar-refractivity contribution in [1.82, 2.24) is 24.5 Å². The van der Waals surface area contributed by atoms with Crippen LogP contribution in [0.4, 0.5) is 0 Å². The van der Waals surface area contributed by atoms with Gasteiger partial charge in [0, 0.05) is 13.1 Å². The minimum Gasteiger partial charge on any atom is -0.408 e. The molecular weight excluding hydrogens is 330 g/mol. The minimum atomic E-state index is -0.274. The molecule has 1 saturated heterocycles. The average molecular weight is 349 g/mol. The minimum absolute atomic E-state index is 0.106. The van der Waals surface area contributed by atoms with Crippen molar-refractivity contribution < 1.29 is 4.42 Å². The molecule has 7 nitrogen and oxygen atoms in total. The molecule has 5 rings (SSSR count). The van der Waals surface area contributed by atoms with Crippen molar-refractivity contribution in [2.45, 2.75) is 25.6 Å². The molecule has 0 radical (unpaired) electrons. The Balaban J connectivity index is 1.43. The molecule has 1 aliphatic rings. The van der Waals surface area contributed by atoms with Crippen LogP contribution in [0.25, 0.3) is 22.1 Å². The second-order valence-electron chi connectivity index (χ2n) is 6.80. The fraction of sp³-hybridized carbons (Fsp3) is 0.316. The monoisotopic (exact) mass is 349 g/mol. The first-order chi connectivity index (χ1) is 12.8. The number of oxazole rings is 1. The highest BCUT2D eigenvalue weighted by Gasteiger charge is 2.25. The summed E-state index contributed by atoms with van der Waals surface area (Å²) in [5, 5.41) is 8.51. The predicted molar refractivity (Wildman–Crippen MR) is 97.8 cm³/mol. The maximum absolute atomic E-state index is 12.4. The summed E-state index contributed by atoms with van der Waals surface area (Å²) in [7, 11) is 0. The van der Waals surface area contributed by atoms with E-state index in [4.69, 9.17) is 4.42 Å². The number of rotatable bonds is 3. The van der Waals surface area contributed by atoms with E-state index in [2.05, 4.69) is 15.2 Å². The second kappa shape index (κ2) is 6.10. The van der Waals surface area contributed by atoms with E-state index >= 15 is 0 Å². The zero-order valence-corrected chi connectivity index (χ0v) is 14.3. The first kappa shape index (κ1) is 15.3.